The molecule has 0 aromatic heterocycles. The molecule has 0 saturated heterocycles. The zero-order valence-electron chi connectivity index (χ0n) is 12.9. The van der Waals surface area contributed by atoms with Crippen LogP contribution in [0, 0.1) is 0 Å². The number of benzene rings is 2. The van der Waals surface area contributed by atoms with Crippen LogP contribution in [0.1, 0.15) is 10.4 Å². The predicted molar refractivity (Wildman–Crippen MR) is 89.3 cm³/mol. The van der Waals surface area contributed by atoms with Crippen LogP contribution in [0.5, 0.6) is 5.75 Å². The van der Waals surface area contributed by atoms with E-state index in [2.05, 4.69) is 10.6 Å². The van der Waals surface area contributed by atoms with E-state index < -0.39 is 0 Å². The lowest BCUT2D eigenvalue weighted by molar-refractivity contribution is -0.118. The topological polar surface area (TPSA) is 70.7 Å². The molecule has 0 aliphatic carbocycles. The fourth-order valence-electron chi connectivity index (χ4n) is 2.29. The maximum Gasteiger partial charge on any atom is 0.262 e. The first-order valence-electron chi connectivity index (χ1n) is 7.18. The summed E-state index contributed by atoms with van der Waals surface area (Å²) in [7, 11) is 3.84. The molecule has 0 saturated carbocycles. The molecule has 2 amide bonds. The van der Waals surface area contributed by atoms with Gasteiger partial charge in [-0.1, -0.05) is 6.07 Å². The molecular formula is C17H17N3O3. The summed E-state index contributed by atoms with van der Waals surface area (Å²) in [5, 5.41) is 5.54. The molecule has 2 N–H and O–H groups in total. The molecule has 1 aliphatic heterocycles. The third kappa shape index (κ3) is 3.26. The Morgan fingerprint density at radius 1 is 1.22 bits per heavy atom. The highest BCUT2D eigenvalue weighted by Crippen LogP contribution is 2.30. The predicted octanol–water partition coefficient (Wildman–Crippen LogP) is 2.34. The Labute approximate surface area is 134 Å². The first-order valence-corrected chi connectivity index (χ1v) is 7.18. The van der Waals surface area contributed by atoms with Gasteiger partial charge in [0.1, 0.15) is 5.75 Å². The zero-order chi connectivity index (χ0) is 16.4. The molecule has 1 aliphatic rings. The van der Waals surface area contributed by atoms with Crippen LogP contribution < -0.4 is 20.3 Å². The molecule has 2 aromatic rings. The number of hydrogen-bond donors (Lipinski definition) is 2. The van der Waals surface area contributed by atoms with Crippen LogP contribution in [0.2, 0.25) is 0 Å². The van der Waals surface area contributed by atoms with Crippen molar-refractivity contribution in [1.29, 1.82) is 0 Å². The van der Waals surface area contributed by atoms with Crippen LogP contribution in [0.15, 0.2) is 42.5 Å². The average molecular weight is 311 g/mol. The van der Waals surface area contributed by atoms with E-state index in [-0.39, 0.29) is 18.4 Å². The van der Waals surface area contributed by atoms with Crippen molar-refractivity contribution in [1.82, 2.24) is 0 Å². The maximum absolute atomic E-state index is 12.4. The average Bonchev–Trinajstić information content (AvgIpc) is 2.54. The van der Waals surface area contributed by atoms with E-state index in [9.17, 15) is 9.59 Å². The second-order valence-corrected chi connectivity index (χ2v) is 5.45. The number of carbonyl (C=O) groups excluding carboxylic acids is 2. The highest BCUT2D eigenvalue weighted by molar-refractivity contribution is 6.05. The van der Waals surface area contributed by atoms with Gasteiger partial charge in [0, 0.05) is 31.0 Å². The van der Waals surface area contributed by atoms with E-state index in [1.165, 1.54) is 0 Å². The lowest BCUT2D eigenvalue weighted by atomic mass is 10.1. The molecule has 1 heterocycles. The quantitative estimate of drug-likeness (QED) is 0.913. The largest absolute Gasteiger partial charge is 0.482 e. The van der Waals surface area contributed by atoms with Crippen LogP contribution in [0.3, 0.4) is 0 Å². The first-order chi connectivity index (χ1) is 11.0. The number of fused-ring (bicyclic) bond motifs is 1. The molecule has 0 radical (unpaired) electrons. The number of ether oxygens (including phenoxy) is 1. The molecule has 0 unspecified atom stereocenters. The van der Waals surface area contributed by atoms with Gasteiger partial charge in [0.2, 0.25) is 0 Å². The fraction of sp³-hybridized carbons (Fsp3) is 0.176. The minimum atomic E-state index is -0.211. The summed E-state index contributed by atoms with van der Waals surface area (Å²) >= 11 is 0. The Hall–Kier alpha value is -3.02. The summed E-state index contributed by atoms with van der Waals surface area (Å²) in [5.41, 5.74) is 2.66. The molecule has 118 valence electrons. The summed E-state index contributed by atoms with van der Waals surface area (Å²) < 4.78 is 5.29. The fourth-order valence-corrected chi connectivity index (χ4v) is 2.29. The minimum absolute atomic E-state index is 0.00995. The van der Waals surface area contributed by atoms with E-state index in [1.54, 1.807) is 24.3 Å². The maximum atomic E-state index is 12.4. The van der Waals surface area contributed by atoms with E-state index in [0.29, 0.717) is 22.7 Å². The lowest BCUT2D eigenvalue weighted by Crippen LogP contribution is -2.25. The summed E-state index contributed by atoms with van der Waals surface area (Å²) in [4.78, 5) is 25.7. The van der Waals surface area contributed by atoms with Gasteiger partial charge in [0.05, 0.1) is 5.69 Å². The summed E-state index contributed by atoms with van der Waals surface area (Å²) in [6.07, 6.45) is 0. The number of nitrogens with one attached hydrogen (secondary N) is 2. The van der Waals surface area contributed by atoms with Crippen LogP contribution in [0.25, 0.3) is 0 Å². The molecule has 6 heteroatoms. The smallest absolute Gasteiger partial charge is 0.262 e. The molecule has 0 atom stereocenters. The van der Waals surface area contributed by atoms with Crippen molar-refractivity contribution >= 4 is 28.9 Å². The number of anilines is 3. The Kier molecular flexibility index (Phi) is 3.89. The standard InChI is InChI=1S/C17H17N3O3/c1-20(2)13-5-3-4-11(8-13)17(22)18-12-6-7-15-14(9-12)19-16(21)10-23-15/h3-9H,10H2,1-2H3,(H,18,22)(H,19,21). The number of nitrogens with zero attached hydrogens (tertiary/aromatic N) is 1. The summed E-state index contributed by atoms with van der Waals surface area (Å²) in [6.45, 7) is 0.00995. The number of hydrogen-bond acceptors (Lipinski definition) is 4. The van der Waals surface area contributed by atoms with Crippen LogP contribution >= 0.6 is 0 Å². The second kappa shape index (κ2) is 6.00. The molecule has 23 heavy (non-hydrogen) atoms. The van der Waals surface area contributed by atoms with Crippen molar-refractivity contribution in [2.24, 2.45) is 0 Å². The van der Waals surface area contributed by atoms with Crippen molar-refractivity contribution in [2.45, 2.75) is 0 Å². The number of rotatable bonds is 3. The van der Waals surface area contributed by atoms with Gasteiger partial charge in [-0.05, 0) is 36.4 Å². The Bertz CT molecular complexity index is 771. The van der Waals surface area contributed by atoms with Crippen molar-refractivity contribution in [3.05, 3.63) is 48.0 Å². The van der Waals surface area contributed by atoms with Gasteiger partial charge >= 0.3 is 0 Å². The van der Waals surface area contributed by atoms with E-state index >= 15 is 0 Å². The molecule has 0 spiro atoms. The molecule has 0 fully saturated rings. The monoisotopic (exact) mass is 311 g/mol. The summed E-state index contributed by atoms with van der Waals surface area (Å²) in [5.74, 6) is 0.175. The van der Waals surface area contributed by atoms with Crippen LogP contribution in [0.4, 0.5) is 17.1 Å². The molecule has 3 rings (SSSR count). The van der Waals surface area contributed by atoms with Crippen molar-refractivity contribution in [3.8, 4) is 5.75 Å². The Morgan fingerprint density at radius 2 is 2.04 bits per heavy atom. The second-order valence-electron chi connectivity index (χ2n) is 5.45. The van der Waals surface area contributed by atoms with Gasteiger partial charge < -0.3 is 20.3 Å². The van der Waals surface area contributed by atoms with Crippen molar-refractivity contribution < 1.29 is 14.3 Å². The third-order valence-corrected chi connectivity index (χ3v) is 3.50. The van der Waals surface area contributed by atoms with Gasteiger partial charge in [-0.3, -0.25) is 9.59 Å². The van der Waals surface area contributed by atoms with Gasteiger partial charge in [0.15, 0.2) is 6.61 Å². The molecule has 0 bridgehead atoms. The highest BCUT2D eigenvalue weighted by atomic mass is 16.5. The number of carbonyl (C=O) groups is 2. The first kappa shape index (κ1) is 14.9. The Balaban J connectivity index is 1.79. The third-order valence-electron chi connectivity index (χ3n) is 3.50. The lowest BCUT2D eigenvalue weighted by Gasteiger charge is -2.18. The van der Waals surface area contributed by atoms with Crippen LogP contribution in [-0.4, -0.2) is 32.5 Å². The van der Waals surface area contributed by atoms with E-state index in [0.717, 1.165) is 5.69 Å². The van der Waals surface area contributed by atoms with Crippen molar-refractivity contribution in [2.75, 3.05) is 36.2 Å². The molecular weight excluding hydrogens is 294 g/mol. The Morgan fingerprint density at radius 3 is 2.83 bits per heavy atom. The molecule has 6 nitrogen and oxygen atoms in total. The van der Waals surface area contributed by atoms with Gasteiger partial charge in [-0.15, -0.1) is 0 Å². The van der Waals surface area contributed by atoms with Crippen LogP contribution in [-0.2, 0) is 4.79 Å². The highest BCUT2D eigenvalue weighted by Gasteiger charge is 2.16. The zero-order valence-corrected chi connectivity index (χ0v) is 12.9. The normalized spacial score (nSPS) is 12.7. The van der Waals surface area contributed by atoms with Crippen molar-refractivity contribution in [3.63, 3.8) is 0 Å². The minimum Gasteiger partial charge on any atom is -0.482 e. The van der Waals surface area contributed by atoms with Gasteiger partial charge in [0.25, 0.3) is 11.8 Å². The number of amides is 2. The van der Waals surface area contributed by atoms with Gasteiger partial charge in [-0.25, -0.2) is 0 Å². The van der Waals surface area contributed by atoms with E-state index in [1.807, 2.05) is 37.2 Å². The van der Waals surface area contributed by atoms with Gasteiger partial charge in [-0.2, -0.15) is 0 Å². The van der Waals surface area contributed by atoms with E-state index in [4.69, 9.17) is 4.74 Å². The summed E-state index contributed by atoms with van der Waals surface area (Å²) in [6, 6.07) is 12.5. The SMILES string of the molecule is CN(C)c1cccc(C(=O)Nc2ccc3c(c2)NC(=O)CO3)c1. The molecule has 2 aromatic carbocycles.